The molecule has 0 amide bonds. The molecule has 0 radical (unpaired) electrons. The molecule has 1 aromatic heterocycles. The molecule has 162 valence electrons. The van der Waals surface area contributed by atoms with Crippen LogP contribution < -0.4 is 0 Å². The van der Waals surface area contributed by atoms with E-state index in [-0.39, 0.29) is 36.7 Å². The molecular formula is C19H19F3N2O5S. The summed E-state index contributed by atoms with van der Waals surface area (Å²) in [4.78, 5) is 14.2. The summed E-state index contributed by atoms with van der Waals surface area (Å²) in [6.45, 7) is 0.455. The second kappa shape index (κ2) is 8.32. The number of nitrogens with zero attached hydrogens (tertiary/aromatic N) is 2. The number of carboxylic acid groups (broad SMARTS) is 1. The molecule has 11 heteroatoms. The van der Waals surface area contributed by atoms with Gasteiger partial charge in [0.25, 0.3) is 0 Å². The molecule has 0 unspecified atom stereocenters. The van der Waals surface area contributed by atoms with Gasteiger partial charge in [0.15, 0.2) is 0 Å². The second-order valence-corrected chi connectivity index (χ2v) is 8.98. The highest BCUT2D eigenvalue weighted by Crippen LogP contribution is 2.35. The van der Waals surface area contributed by atoms with Gasteiger partial charge in [-0.2, -0.15) is 17.5 Å². The summed E-state index contributed by atoms with van der Waals surface area (Å²) >= 11 is 0. The van der Waals surface area contributed by atoms with E-state index in [4.69, 9.17) is 9.84 Å². The number of aryl methyl sites for hydroxylation is 1. The van der Waals surface area contributed by atoms with Gasteiger partial charge in [0.1, 0.15) is 0 Å². The van der Waals surface area contributed by atoms with Gasteiger partial charge in [-0.05, 0) is 36.2 Å². The van der Waals surface area contributed by atoms with E-state index in [1.807, 2.05) is 0 Å². The number of pyridine rings is 1. The van der Waals surface area contributed by atoms with Crippen LogP contribution in [0.4, 0.5) is 13.2 Å². The molecule has 0 saturated carbocycles. The number of likely N-dealkylation sites (N-methyl/N-ethyl adjacent to an activating group) is 1. The average molecular weight is 444 g/mol. The first-order valence-electron chi connectivity index (χ1n) is 8.94. The first kappa shape index (κ1) is 22.2. The Morgan fingerprint density at radius 1 is 1.30 bits per heavy atom. The largest absolute Gasteiger partial charge is 0.481 e. The molecule has 7 nitrogen and oxygen atoms in total. The predicted octanol–water partition coefficient (Wildman–Crippen LogP) is 2.80. The molecule has 1 aliphatic rings. The van der Waals surface area contributed by atoms with Crippen LogP contribution in [0.5, 0.6) is 0 Å². The molecule has 1 atom stereocenters. The SMILES string of the molecule is CN(C[C@H]1CO1)S(=O)(=O)c1cc(-c2ccc(CCC(=O)O)cn2)cc(C(F)(F)F)c1. The number of carboxylic acids is 1. The van der Waals surface area contributed by atoms with Crippen LogP contribution >= 0.6 is 0 Å². The highest BCUT2D eigenvalue weighted by Gasteiger charge is 2.35. The van der Waals surface area contributed by atoms with Crippen LogP contribution in [-0.4, -0.2) is 55.1 Å². The van der Waals surface area contributed by atoms with Gasteiger partial charge >= 0.3 is 12.1 Å². The van der Waals surface area contributed by atoms with Crippen LogP contribution in [0, 0.1) is 0 Å². The molecule has 3 rings (SSSR count). The van der Waals surface area contributed by atoms with Gasteiger partial charge < -0.3 is 9.84 Å². The van der Waals surface area contributed by atoms with E-state index in [0.29, 0.717) is 18.2 Å². The van der Waals surface area contributed by atoms with E-state index >= 15 is 0 Å². The lowest BCUT2D eigenvalue weighted by atomic mass is 10.1. The monoisotopic (exact) mass is 444 g/mol. The first-order valence-corrected chi connectivity index (χ1v) is 10.4. The third-order valence-corrected chi connectivity index (χ3v) is 6.35. The van der Waals surface area contributed by atoms with Gasteiger partial charge in [-0.25, -0.2) is 8.42 Å². The fourth-order valence-electron chi connectivity index (χ4n) is 2.79. The van der Waals surface area contributed by atoms with Gasteiger partial charge in [-0.3, -0.25) is 9.78 Å². The summed E-state index contributed by atoms with van der Waals surface area (Å²) in [6.07, 6.45) is -3.53. The van der Waals surface area contributed by atoms with Crippen molar-refractivity contribution in [1.29, 1.82) is 0 Å². The maximum absolute atomic E-state index is 13.4. The zero-order valence-corrected chi connectivity index (χ0v) is 16.7. The summed E-state index contributed by atoms with van der Waals surface area (Å²) in [7, 11) is -2.89. The van der Waals surface area contributed by atoms with Gasteiger partial charge in [0.05, 0.1) is 28.9 Å². The van der Waals surface area contributed by atoms with E-state index in [1.165, 1.54) is 19.3 Å². The Labute approximate surface area is 171 Å². The van der Waals surface area contributed by atoms with E-state index in [0.717, 1.165) is 16.4 Å². The number of sulfonamides is 1. The van der Waals surface area contributed by atoms with Crippen LogP contribution in [0.25, 0.3) is 11.3 Å². The molecule has 0 spiro atoms. The minimum absolute atomic E-state index is 0.00995. The topological polar surface area (TPSA) is 100 Å². The maximum Gasteiger partial charge on any atom is 0.416 e. The lowest BCUT2D eigenvalue weighted by Gasteiger charge is -2.18. The molecule has 1 aromatic carbocycles. The third kappa shape index (κ3) is 5.35. The van der Waals surface area contributed by atoms with Crippen molar-refractivity contribution < 1.29 is 36.2 Å². The van der Waals surface area contributed by atoms with Crippen molar-refractivity contribution in [2.24, 2.45) is 0 Å². The number of aromatic nitrogens is 1. The highest BCUT2D eigenvalue weighted by molar-refractivity contribution is 7.89. The van der Waals surface area contributed by atoms with Crippen molar-refractivity contribution in [1.82, 2.24) is 9.29 Å². The van der Waals surface area contributed by atoms with E-state index in [1.54, 1.807) is 6.07 Å². The number of hydrogen-bond donors (Lipinski definition) is 1. The van der Waals surface area contributed by atoms with Crippen LogP contribution in [0.2, 0.25) is 0 Å². The number of hydrogen-bond acceptors (Lipinski definition) is 5. The fraction of sp³-hybridized carbons (Fsp3) is 0.368. The zero-order valence-electron chi connectivity index (χ0n) is 15.9. The summed E-state index contributed by atoms with van der Waals surface area (Å²) < 4.78 is 71.8. The first-order chi connectivity index (χ1) is 14.0. The van der Waals surface area contributed by atoms with Crippen molar-refractivity contribution in [3.05, 3.63) is 47.7 Å². The normalized spacial score (nSPS) is 16.6. The number of alkyl halides is 3. The predicted molar refractivity (Wildman–Crippen MR) is 100 cm³/mol. The van der Waals surface area contributed by atoms with Crippen LogP contribution in [0.1, 0.15) is 17.5 Å². The fourth-order valence-corrected chi connectivity index (χ4v) is 4.07. The Morgan fingerprint density at radius 2 is 2.00 bits per heavy atom. The number of ether oxygens (including phenoxy) is 1. The Bertz CT molecular complexity index is 1040. The smallest absolute Gasteiger partial charge is 0.416 e. The average Bonchev–Trinajstić information content (AvgIpc) is 3.49. The van der Waals surface area contributed by atoms with Crippen molar-refractivity contribution in [3.63, 3.8) is 0 Å². The number of benzene rings is 1. The minimum Gasteiger partial charge on any atom is -0.481 e. The molecular weight excluding hydrogens is 425 g/mol. The van der Waals surface area contributed by atoms with E-state index in [2.05, 4.69) is 4.98 Å². The number of carbonyl (C=O) groups is 1. The molecule has 30 heavy (non-hydrogen) atoms. The number of epoxide rings is 1. The second-order valence-electron chi connectivity index (χ2n) is 6.93. The third-order valence-electron chi connectivity index (χ3n) is 4.55. The van der Waals surface area contributed by atoms with E-state index < -0.39 is 32.6 Å². The van der Waals surface area contributed by atoms with Crippen molar-refractivity contribution in [3.8, 4) is 11.3 Å². The van der Waals surface area contributed by atoms with Crippen molar-refractivity contribution in [2.45, 2.75) is 30.0 Å². The molecule has 0 aliphatic carbocycles. The van der Waals surface area contributed by atoms with Gasteiger partial charge in [0, 0.05) is 31.8 Å². The zero-order chi connectivity index (χ0) is 22.1. The van der Waals surface area contributed by atoms with Gasteiger partial charge in [-0.15, -0.1) is 0 Å². The summed E-state index contributed by atoms with van der Waals surface area (Å²) in [5.41, 5.74) is -0.370. The Balaban J connectivity index is 1.98. The van der Waals surface area contributed by atoms with Crippen molar-refractivity contribution in [2.75, 3.05) is 20.2 Å². The minimum atomic E-state index is -4.75. The molecule has 1 N–H and O–H groups in total. The summed E-state index contributed by atoms with van der Waals surface area (Å²) in [5, 5.41) is 8.73. The summed E-state index contributed by atoms with van der Waals surface area (Å²) in [6, 6.07) is 5.57. The lowest BCUT2D eigenvalue weighted by Crippen LogP contribution is -2.30. The quantitative estimate of drug-likeness (QED) is 0.629. The molecule has 1 aliphatic heterocycles. The number of rotatable bonds is 8. The number of halogens is 3. The highest BCUT2D eigenvalue weighted by atomic mass is 32.2. The molecule has 2 aromatic rings. The lowest BCUT2D eigenvalue weighted by molar-refractivity contribution is -0.138. The Kier molecular flexibility index (Phi) is 6.16. The standard InChI is InChI=1S/C19H19F3N2O5S/c1-24(10-15-11-29-15)30(27,28)16-7-13(6-14(8-16)19(20,21)22)17-4-2-12(9-23-17)3-5-18(25)26/h2,4,6-9,15H,3,5,10-11H2,1H3,(H,25,26)/t15-/m0/s1. The van der Waals surface area contributed by atoms with Crippen molar-refractivity contribution >= 4 is 16.0 Å². The Hall–Kier alpha value is -2.50. The summed E-state index contributed by atoms with van der Waals surface area (Å²) in [5.74, 6) is -0.979. The van der Waals surface area contributed by atoms with E-state index in [9.17, 15) is 26.4 Å². The molecule has 0 bridgehead atoms. The maximum atomic E-state index is 13.4. The van der Waals surface area contributed by atoms with Gasteiger partial charge in [-0.1, -0.05) is 6.07 Å². The van der Waals surface area contributed by atoms with Crippen LogP contribution in [0.3, 0.4) is 0 Å². The molecule has 1 fully saturated rings. The molecule has 1 saturated heterocycles. The van der Waals surface area contributed by atoms with Gasteiger partial charge in [0.2, 0.25) is 10.0 Å². The van der Waals surface area contributed by atoms with Crippen LogP contribution in [-0.2, 0) is 32.2 Å². The molecule has 2 heterocycles. The number of aliphatic carboxylic acids is 1. The Morgan fingerprint density at radius 3 is 2.53 bits per heavy atom. The van der Waals surface area contributed by atoms with Crippen LogP contribution in [0.15, 0.2) is 41.4 Å².